The van der Waals surface area contributed by atoms with E-state index in [4.69, 9.17) is 0 Å². The van der Waals surface area contributed by atoms with E-state index < -0.39 is 0 Å². The van der Waals surface area contributed by atoms with Crippen LogP contribution in [0.25, 0.3) is 0 Å². The van der Waals surface area contributed by atoms with Crippen molar-refractivity contribution in [3.63, 3.8) is 0 Å². The van der Waals surface area contributed by atoms with E-state index in [1.165, 1.54) is 11.3 Å². The number of nitrogens with zero attached hydrogens (tertiary/aromatic N) is 1. The third-order valence-electron chi connectivity index (χ3n) is 3.60. The molecule has 1 saturated heterocycles. The minimum absolute atomic E-state index is 0.00375. The van der Waals surface area contributed by atoms with Gasteiger partial charge in [-0.2, -0.15) is 11.8 Å². The fraction of sp³-hybridized carbons (Fsp3) is 0.833. The van der Waals surface area contributed by atoms with Gasteiger partial charge in [-0.05, 0) is 31.3 Å². The lowest BCUT2D eigenvalue weighted by atomic mass is 9.94. The highest BCUT2D eigenvalue weighted by molar-refractivity contribution is 7.98. The third-order valence-corrected chi connectivity index (χ3v) is 4.25. The van der Waals surface area contributed by atoms with E-state index in [-0.39, 0.29) is 24.0 Å². The van der Waals surface area contributed by atoms with Crippen LogP contribution in [0.2, 0.25) is 0 Å². The topological polar surface area (TPSA) is 49.4 Å². The number of carbonyl (C=O) groups is 2. The lowest BCUT2D eigenvalue weighted by molar-refractivity contribution is -0.129. The number of nitrogens with one attached hydrogen (secondary N) is 1. The molecular weight excluding hydrogens is 236 g/mol. The first-order valence-corrected chi connectivity index (χ1v) is 7.76. The van der Waals surface area contributed by atoms with Gasteiger partial charge in [-0.25, -0.2) is 4.79 Å². The van der Waals surface area contributed by atoms with Crippen molar-refractivity contribution in [1.29, 1.82) is 0 Å². The summed E-state index contributed by atoms with van der Waals surface area (Å²) < 4.78 is 0. The monoisotopic (exact) mass is 256 g/mol. The fourth-order valence-corrected chi connectivity index (χ4v) is 3.14. The van der Waals surface area contributed by atoms with Crippen LogP contribution in [-0.4, -0.2) is 40.9 Å². The number of urea groups is 1. The summed E-state index contributed by atoms with van der Waals surface area (Å²) in [6.45, 7) is 0. The van der Waals surface area contributed by atoms with Gasteiger partial charge in [-0.15, -0.1) is 0 Å². The Morgan fingerprint density at radius 3 is 2.65 bits per heavy atom. The van der Waals surface area contributed by atoms with Gasteiger partial charge in [0.15, 0.2) is 0 Å². The van der Waals surface area contributed by atoms with Gasteiger partial charge in [0.25, 0.3) is 5.91 Å². The number of rotatable bonds is 4. The number of amides is 3. The van der Waals surface area contributed by atoms with Gasteiger partial charge < -0.3 is 5.32 Å². The molecule has 0 aromatic carbocycles. The number of thioether (sulfide) groups is 1. The lowest BCUT2D eigenvalue weighted by Crippen LogP contribution is -2.42. The van der Waals surface area contributed by atoms with Gasteiger partial charge in [0.2, 0.25) is 0 Å². The van der Waals surface area contributed by atoms with E-state index in [1.54, 1.807) is 11.8 Å². The molecule has 0 radical (unpaired) electrons. The average molecular weight is 256 g/mol. The molecule has 1 atom stereocenters. The highest BCUT2D eigenvalue weighted by atomic mass is 32.2. The molecule has 4 nitrogen and oxygen atoms in total. The summed E-state index contributed by atoms with van der Waals surface area (Å²) in [4.78, 5) is 25.5. The van der Waals surface area contributed by atoms with E-state index in [1.807, 2.05) is 6.26 Å². The molecule has 1 aliphatic heterocycles. The minimum Gasteiger partial charge on any atom is -0.326 e. The second-order valence-electron chi connectivity index (χ2n) is 4.78. The van der Waals surface area contributed by atoms with Gasteiger partial charge >= 0.3 is 6.03 Å². The predicted molar refractivity (Wildman–Crippen MR) is 69.0 cm³/mol. The highest BCUT2D eigenvalue weighted by Crippen LogP contribution is 2.26. The molecule has 1 N–H and O–H groups in total. The van der Waals surface area contributed by atoms with Crippen molar-refractivity contribution < 1.29 is 9.59 Å². The predicted octanol–water partition coefficient (Wildman–Crippen LogP) is 1.99. The Hall–Kier alpha value is -0.710. The summed E-state index contributed by atoms with van der Waals surface area (Å²) >= 11 is 1.71. The molecular formula is C12H20N2O2S. The van der Waals surface area contributed by atoms with Gasteiger partial charge in [0.1, 0.15) is 6.04 Å². The molecule has 0 bridgehead atoms. The molecule has 2 fully saturated rings. The number of hydrogen-bond donors (Lipinski definition) is 1. The normalized spacial score (nSPS) is 26.4. The molecule has 5 heteroatoms. The molecule has 1 saturated carbocycles. The Morgan fingerprint density at radius 1 is 1.29 bits per heavy atom. The highest BCUT2D eigenvalue weighted by Gasteiger charge is 2.41. The first kappa shape index (κ1) is 12.7. The SMILES string of the molecule is CSCCC1NC(=O)N(C2CCCCC2)C1=O. The molecule has 0 spiro atoms. The maximum atomic E-state index is 12.2. The number of hydrogen-bond acceptors (Lipinski definition) is 3. The fourth-order valence-electron chi connectivity index (χ4n) is 2.66. The Labute approximate surface area is 106 Å². The second kappa shape index (κ2) is 5.76. The molecule has 2 aliphatic rings. The molecule has 96 valence electrons. The van der Waals surface area contributed by atoms with Gasteiger partial charge in [0, 0.05) is 6.04 Å². The summed E-state index contributed by atoms with van der Waals surface area (Å²) in [5.74, 6) is 0.908. The Balaban J connectivity index is 1.97. The van der Waals surface area contributed by atoms with Crippen LogP contribution in [0.5, 0.6) is 0 Å². The third kappa shape index (κ3) is 2.76. The van der Waals surface area contributed by atoms with Crippen LogP contribution in [0.3, 0.4) is 0 Å². The van der Waals surface area contributed by atoms with Crippen LogP contribution < -0.4 is 5.32 Å². The van der Waals surface area contributed by atoms with Crippen LogP contribution >= 0.6 is 11.8 Å². The van der Waals surface area contributed by atoms with Crippen molar-refractivity contribution in [2.24, 2.45) is 0 Å². The zero-order valence-electron chi connectivity index (χ0n) is 10.3. The summed E-state index contributed by atoms with van der Waals surface area (Å²) in [6.07, 6.45) is 8.22. The zero-order valence-corrected chi connectivity index (χ0v) is 11.1. The van der Waals surface area contributed by atoms with Crippen molar-refractivity contribution in [3.05, 3.63) is 0 Å². The zero-order chi connectivity index (χ0) is 12.3. The van der Waals surface area contributed by atoms with E-state index >= 15 is 0 Å². The maximum Gasteiger partial charge on any atom is 0.325 e. The molecule has 1 unspecified atom stereocenters. The van der Waals surface area contributed by atoms with E-state index in [2.05, 4.69) is 5.32 Å². The molecule has 2 rings (SSSR count). The van der Waals surface area contributed by atoms with Crippen molar-refractivity contribution in [2.75, 3.05) is 12.0 Å². The number of imide groups is 1. The Bertz CT molecular complexity index is 303. The molecule has 0 aromatic heterocycles. The smallest absolute Gasteiger partial charge is 0.325 e. The van der Waals surface area contributed by atoms with Crippen molar-refractivity contribution in [1.82, 2.24) is 10.2 Å². The lowest BCUT2D eigenvalue weighted by Gasteiger charge is -2.28. The first-order valence-electron chi connectivity index (χ1n) is 6.36. The molecule has 0 aromatic rings. The summed E-state index contributed by atoms with van der Waals surface area (Å²) in [5, 5.41) is 2.81. The van der Waals surface area contributed by atoms with Crippen molar-refractivity contribution in [3.8, 4) is 0 Å². The molecule has 1 aliphatic carbocycles. The largest absolute Gasteiger partial charge is 0.326 e. The van der Waals surface area contributed by atoms with Crippen LogP contribution in [0, 0.1) is 0 Å². The van der Waals surface area contributed by atoms with Crippen LogP contribution in [0.1, 0.15) is 38.5 Å². The van der Waals surface area contributed by atoms with E-state index in [9.17, 15) is 9.59 Å². The molecule has 17 heavy (non-hydrogen) atoms. The summed E-state index contributed by atoms with van der Waals surface area (Å²) in [5.41, 5.74) is 0. The van der Waals surface area contributed by atoms with E-state index in [0.717, 1.165) is 37.9 Å². The van der Waals surface area contributed by atoms with Crippen LogP contribution in [-0.2, 0) is 4.79 Å². The second-order valence-corrected chi connectivity index (χ2v) is 5.77. The maximum absolute atomic E-state index is 12.2. The molecule has 1 heterocycles. The standard InChI is InChI=1S/C12H20N2O2S/c1-17-8-7-10-11(15)14(12(16)13-10)9-5-3-2-4-6-9/h9-10H,2-8H2,1H3,(H,13,16). The minimum atomic E-state index is -0.281. The average Bonchev–Trinajstić information content (AvgIpc) is 2.63. The Morgan fingerprint density at radius 2 is 2.00 bits per heavy atom. The Kier molecular flexibility index (Phi) is 4.31. The van der Waals surface area contributed by atoms with E-state index in [0.29, 0.717) is 0 Å². The van der Waals surface area contributed by atoms with Crippen molar-refractivity contribution in [2.45, 2.75) is 50.6 Å². The number of carbonyl (C=O) groups excluding carboxylic acids is 2. The van der Waals surface area contributed by atoms with Crippen LogP contribution in [0.15, 0.2) is 0 Å². The van der Waals surface area contributed by atoms with Gasteiger partial charge in [-0.1, -0.05) is 19.3 Å². The molecule has 3 amide bonds. The summed E-state index contributed by atoms with van der Waals surface area (Å²) in [6, 6.07) is -0.305. The van der Waals surface area contributed by atoms with Crippen LogP contribution in [0.4, 0.5) is 4.79 Å². The van der Waals surface area contributed by atoms with Gasteiger partial charge in [0.05, 0.1) is 0 Å². The van der Waals surface area contributed by atoms with Crippen molar-refractivity contribution >= 4 is 23.7 Å². The first-order chi connectivity index (χ1) is 8.24. The summed E-state index contributed by atoms with van der Waals surface area (Å²) in [7, 11) is 0. The quantitative estimate of drug-likeness (QED) is 0.783. The van der Waals surface area contributed by atoms with Gasteiger partial charge in [-0.3, -0.25) is 9.69 Å².